The highest BCUT2D eigenvalue weighted by Crippen LogP contribution is 2.28. The number of nitrogens with zero attached hydrogens (tertiary/aromatic N) is 1. The summed E-state index contributed by atoms with van der Waals surface area (Å²) < 4.78 is 5.39. The van der Waals surface area contributed by atoms with Crippen molar-refractivity contribution in [3.8, 4) is 0 Å². The van der Waals surface area contributed by atoms with Gasteiger partial charge in [-0.3, -0.25) is 4.79 Å². The Bertz CT molecular complexity index is 343. The molecule has 1 fully saturated rings. The molecule has 3 heteroatoms. The molecule has 88 valence electrons. The lowest BCUT2D eigenvalue weighted by molar-refractivity contribution is -0.130. The number of rotatable bonds is 3. The summed E-state index contributed by atoms with van der Waals surface area (Å²) in [6.07, 6.45) is 3.39. The third kappa shape index (κ3) is 2.46. The number of carbonyl (C=O) groups excluding carboxylic acids is 1. The zero-order valence-corrected chi connectivity index (χ0v) is 9.98. The van der Waals surface area contributed by atoms with E-state index in [1.54, 1.807) is 6.26 Å². The molecule has 1 aliphatic rings. The molecule has 1 aliphatic heterocycles. The first-order valence-electron chi connectivity index (χ1n) is 5.98. The normalized spacial score (nSPS) is 20.7. The molecular weight excluding hydrogens is 202 g/mol. The van der Waals surface area contributed by atoms with E-state index in [-0.39, 0.29) is 5.91 Å². The maximum Gasteiger partial charge on any atom is 0.222 e. The molecule has 16 heavy (non-hydrogen) atoms. The monoisotopic (exact) mass is 221 g/mol. The Kier molecular flexibility index (Phi) is 3.32. The average Bonchev–Trinajstić information content (AvgIpc) is 2.87. The smallest absolute Gasteiger partial charge is 0.222 e. The van der Waals surface area contributed by atoms with Crippen LogP contribution in [-0.4, -0.2) is 23.9 Å². The molecule has 1 unspecified atom stereocenters. The highest BCUT2D eigenvalue weighted by Gasteiger charge is 2.28. The van der Waals surface area contributed by atoms with Gasteiger partial charge < -0.3 is 9.32 Å². The summed E-state index contributed by atoms with van der Waals surface area (Å²) in [6, 6.07) is 3.91. The minimum Gasteiger partial charge on any atom is -0.469 e. The number of carbonyl (C=O) groups is 1. The van der Waals surface area contributed by atoms with E-state index < -0.39 is 0 Å². The largest absolute Gasteiger partial charge is 0.469 e. The van der Waals surface area contributed by atoms with Crippen LogP contribution in [0.25, 0.3) is 0 Å². The Morgan fingerprint density at radius 3 is 3.06 bits per heavy atom. The first kappa shape index (κ1) is 11.2. The molecule has 0 aromatic carbocycles. The van der Waals surface area contributed by atoms with E-state index in [9.17, 15) is 4.79 Å². The molecule has 1 atom stereocenters. The van der Waals surface area contributed by atoms with Crippen molar-refractivity contribution < 1.29 is 9.21 Å². The fourth-order valence-corrected chi connectivity index (χ4v) is 2.22. The minimum atomic E-state index is 0.282. The van der Waals surface area contributed by atoms with Gasteiger partial charge in [-0.2, -0.15) is 0 Å². The van der Waals surface area contributed by atoms with Crippen LogP contribution in [0.2, 0.25) is 0 Å². The van der Waals surface area contributed by atoms with Crippen LogP contribution < -0.4 is 0 Å². The second-order valence-corrected chi connectivity index (χ2v) is 4.94. The Labute approximate surface area is 96.4 Å². The van der Waals surface area contributed by atoms with Gasteiger partial charge in [0, 0.05) is 25.4 Å². The zero-order chi connectivity index (χ0) is 11.5. The van der Waals surface area contributed by atoms with E-state index in [4.69, 9.17) is 4.42 Å². The first-order valence-corrected chi connectivity index (χ1v) is 5.98. The standard InChI is InChI=1S/C13H19NO2/c1-10(2)8-13(15)14-6-5-11(9-14)12-4-3-7-16-12/h3-4,7,10-11H,5-6,8-9H2,1-2H3. The molecule has 1 aromatic heterocycles. The summed E-state index contributed by atoms with van der Waals surface area (Å²) in [5, 5.41) is 0. The summed E-state index contributed by atoms with van der Waals surface area (Å²) in [7, 11) is 0. The fourth-order valence-electron chi connectivity index (χ4n) is 2.22. The van der Waals surface area contributed by atoms with Crippen LogP contribution in [0.3, 0.4) is 0 Å². The molecule has 2 rings (SSSR count). The van der Waals surface area contributed by atoms with Gasteiger partial charge in [-0.25, -0.2) is 0 Å². The third-order valence-electron chi connectivity index (χ3n) is 3.07. The number of likely N-dealkylation sites (tertiary alicyclic amines) is 1. The summed E-state index contributed by atoms with van der Waals surface area (Å²) in [6.45, 7) is 5.85. The van der Waals surface area contributed by atoms with Gasteiger partial charge in [0.25, 0.3) is 0 Å². The van der Waals surface area contributed by atoms with Gasteiger partial charge >= 0.3 is 0 Å². The molecule has 0 radical (unpaired) electrons. The lowest BCUT2D eigenvalue weighted by atomic mass is 10.1. The van der Waals surface area contributed by atoms with Crippen molar-refractivity contribution >= 4 is 5.91 Å². The van der Waals surface area contributed by atoms with Crippen molar-refractivity contribution in [3.05, 3.63) is 24.2 Å². The maximum absolute atomic E-state index is 11.9. The summed E-state index contributed by atoms with van der Waals surface area (Å²) in [4.78, 5) is 13.8. The van der Waals surface area contributed by atoms with Crippen LogP contribution in [0, 0.1) is 5.92 Å². The molecule has 1 aromatic rings. The van der Waals surface area contributed by atoms with E-state index in [1.165, 1.54) is 0 Å². The molecule has 0 bridgehead atoms. The molecule has 0 aliphatic carbocycles. The van der Waals surface area contributed by atoms with Gasteiger partial charge in [0.1, 0.15) is 5.76 Å². The van der Waals surface area contributed by atoms with E-state index in [0.29, 0.717) is 18.3 Å². The van der Waals surface area contributed by atoms with Crippen LogP contribution in [0.4, 0.5) is 0 Å². The van der Waals surface area contributed by atoms with Crippen LogP contribution in [-0.2, 0) is 4.79 Å². The number of amides is 1. The van der Waals surface area contributed by atoms with E-state index in [2.05, 4.69) is 13.8 Å². The summed E-state index contributed by atoms with van der Waals surface area (Å²) in [5.74, 6) is 2.13. The SMILES string of the molecule is CC(C)CC(=O)N1CCC(c2ccco2)C1. The van der Waals surface area contributed by atoms with Gasteiger partial charge in [0.2, 0.25) is 5.91 Å². The van der Waals surface area contributed by atoms with Crippen LogP contribution in [0.5, 0.6) is 0 Å². The van der Waals surface area contributed by atoms with Crippen molar-refractivity contribution in [1.29, 1.82) is 0 Å². The lowest BCUT2D eigenvalue weighted by Gasteiger charge is -2.17. The van der Waals surface area contributed by atoms with Crippen LogP contribution >= 0.6 is 0 Å². The van der Waals surface area contributed by atoms with Gasteiger partial charge in [0.15, 0.2) is 0 Å². The van der Waals surface area contributed by atoms with Crippen LogP contribution in [0.1, 0.15) is 38.4 Å². The fraction of sp³-hybridized carbons (Fsp3) is 0.615. The number of hydrogen-bond donors (Lipinski definition) is 0. The second kappa shape index (κ2) is 4.73. The Morgan fingerprint density at radius 2 is 2.44 bits per heavy atom. The van der Waals surface area contributed by atoms with Crippen molar-refractivity contribution in [2.75, 3.05) is 13.1 Å². The minimum absolute atomic E-state index is 0.282. The number of furan rings is 1. The highest BCUT2D eigenvalue weighted by atomic mass is 16.3. The predicted molar refractivity (Wildman–Crippen MR) is 62.1 cm³/mol. The molecule has 1 saturated heterocycles. The molecule has 0 saturated carbocycles. The molecule has 1 amide bonds. The molecule has 3 nitrogen and oxygen atoms in total. The number of hydrogen-bond acceptors (Lipinski definition) is 2. The maximum atomic E-state index is 11.9. The lowest BCUT2D eigenvalue weighted by Crippen LogP contribution is -2.29. The molecular formula is C13H19NO2. The van der Waals surface area contributed by atoms with Gasteiger partial charge in [-0.15, -0.1) is 0 Å². The molecule has 0 spiro atoms. The Morgan fingerprint density at radius 1 is 1.62 bits per heavy atom. The van der Waals surface area contributed by atoms with Crippen molar-refractivity contribution in [1.82, 2.24) is 4.90 Å². The van der Waals surface area contributed by atoms with Crippen LogP contribution in [0.15, 0.2) is 22.8 Å². The Balaban J connectivity index is 1.91. The van der Waals surface area contributed by atoms with Gasteiger partial charge in [-0.05, 0) is 24.5 Å². The second-order valence-electron chi connectivity index (χ2n) is 4.94. The van der Waals surface area contributed by atoms with Crippen molar-refractivity contribution in [2.45, 2.75) is 32.6 Å². The zero-order valence-electron chi connectivity index (χ0n) is 9.98. The van der Waals surface area contributed by atoms with Crippen molar-refractivity contribution in [2.24, 2.45) is 5.92 Å². The highest BCUT2D eigenvalue weighted by molar-refractivity contribution is 5.76. The van der Waals surface area contributed by atoms with E-state index in [0.717, 1.165) is 25.3 Å². The van der Waals surface area contributed by atoms with Crippen molar-refractivity contribution in [3.63, 3.8) is 0 Å². The topological polar surface area (TPSA) is 33.5 Å². The van der Waals surface area contributed by atoms with Gasteiger partial charge in [0.05, 0.1) is 6.26 Å². The average molecular weight is 221 g/mol. The third-order valence-corrected chi connectivity index (χ3v) is 3.07. The van der Waals surface area contributed by atoms with Gasteiger partial charge in [-0.1, -0.05) is 13.8 Å². The predicted octanol–water partition coefficient (Wildman–Crippen LogP) is 2.64. The van der Waals surface area contributed by atoms with E-state index in [1.807, 2.05) is 17.0 Å². The summed E-state index contributed by atoms with van der Waals surface area (Å²) >= 11 is 0. The molecule has 0 N–H and O–H groups in total. The van der Waals surface area contributed by atoms with E-state index >= 15 is 0 Å². The summed E-state index contributed by atoms with van der Waals surface area (Å²) in [5.41, 5.74) is 0. The quantitative estimate of drug-likeness (QED) is 0.786. The molecule has 2 heterocycles. The first-order chi connectivity index (χ1) is 7.66. The Hall–Kier alpha value is -1.25.